The molecule has 0 aliphatic rings. The molecule has 1 heterocycles. The predicted octanol–water partition coefficient (Wildman–Crippen LogP) is -1.45. The number of carbonyl (C=O) groups is 6. The van der Waals surface area contributed by atoms with Gasteiger partial charge in [-0.1, -0.05) is 18.2 Å². The van der Waals surface area contributed by atoms with Gasteiger partial charge in [0.05, 0.1) is 18.9 Å². The molecule has 9 N–H and O–H groups in total. The number of aromatic nitrogens is 1. The Morgan fingerprint density at radius 3 is 2.08 bits per heavy atom. The number of H-pyrrole nitrogens is 1. The highest BCUT2D eigenvalue weighted by Crippen LogP contribution is 2.19. The summed E-state index contributed by atoms with van der Waals surface area (Å²) in [7, 11) is 0. The summed E-state index contributed by atoms with van der Waals surface area (Å²) in [5.41, 5.74) is 6.80. The molecule has 0 saturated carbocycles. The number of hydrogen-bond acceptors (Lipinski definition) is 7. The number of rotatable bonds is 13. The normalized spacial score (nSPS) is 14.2. The molecule has 14 nitrogen and oxygen atoms in total. The van der Waals surface area contributed by atoms with Crippen LogP contribution in [0.4, 0.5) is 0 Å². The van der Waals surface area contributed by atoms with E-state index < -0.39 is 72.6 Å². The van der Waals surface area contributed by atoms with Crippen molar-refractivity contribution in [3.05, 3.63) is 36.0 Å². The van der Waals surface area contributed by atoms with E-state index in [1.165, 1.54) is 6.92 Å². The fourth-order valence-corrected chi connectivity index (χ4v) is 3.34. The van der Waals surface area contributed by atoms with Gasteiger partial charge in [-0.3, -0.25) is 24.0 Å². The van der Waals surface area contributed by atoms with Gasteiger partial charge in [-0.15, -0.1) is 0 Å². The van der Waals surface area contributed by atoms with Crippen molar-refractivity contribution in [1.82, 2.24) is 20.9 Å². The Morgan fingerprint density at radius 1 is 0.861 bits per heavy atom. The summed E-state index contributed by atoms with van der Waals surface area (Å²) in [5.74, 6) is -7.10. The molecule has 14 heteroatoms. The molecule has 0 radical (unpaired) electrons. The molecule has 194 valence electrons. The Hall–Kier alpha value is -4.46. The highest BCUT2D eigenvalue weighted by atomic mass is 16.4. The molecule has 0 aliphatic carbocycles. The van der Waals surface area contributed by atoms with Gasteiger partial charge < -0.3 is 42.0 Å². The van der Waals surface area contributed by atoms with Crippen molar-refractivity contribution in [3.8, 4) is 0 Å². The minimum absolute atomic E-state index is 0.118. The number of nitrogens with one attached hydrogen (secondary N) is 4. The van der Waals surface area contributed by atoms with Gasteiger partial charge >= 0.3 is 17.9 Å². The molecular weight excluding hydrogens is 478 g/mol. The Balaban J connectivity index is 2.09. The summed E-state index contributed by atoms with van der Waals surface area (Å²) in [4.78, 5) is 73.9. The summed E-state index contributed by atoms with van der Waals surface area (Å²) >= 11 is 0. The second kappa shape index (κ2) is 12.3. The second-order valence-corrected chi connectivity index (χ2v) is 8.06. The molecule has 0 bridgehead atoms. The summed E-state index contributed by atoms with van der Waals surface area (Å²) in [6.45, 7) is 1.22. The average molecular weight is 505 g/mol. The molecule has 1 aromatic heterocycles. The first-order valence-corrected chi connectivity index (χ1v) is 10.8. The lowest BCUT2D eigenvalue weighted by molar-refractivity contribution is -0.143. The number of carboxylic acid groups (broad SMARTS) is 3. The average Bonchev–Trinajstić information content (AvgIpc) is 3.19. The minimum Gasteiger partial charge on any atom is -0.481 e. The maximum Gasteiger partial charge on any atom is 0.326 e. The topological polar surface area (TPSA) is 241 Å². The van der Waals surface area contributed by atoms with Crippen LogP contribution in [0.15, 0.2) is 30.5 Å². The lowest BCUT2D eigenvalue weighted by Crippen LogP contribution is -2.57. The fourth-order valence-electron chi connectivity index (χ4n) is 3.34. The predicted molar refractivity (Wildman–Crippen MR) is 124 cm³/mol. The third-order valence-electron chi connectivity index (χ3n) is 5.21. The first-order valence-electron chi connectivity index (χ1n) is 10.8. The lowest BCUT2D eigenvalue weighted by Gasteiger charge is -2.22. The number of carbonyl (C=O) groups excluding carboxylic acids is 3. The van der Waals surface area contributed by atoms with Crippen molar-refractivity contribution in [2.75, 3.05) is 0 Å². The maximum absolute atomic E-state index is 12.8. The van der Waals surface area contributed by atoms with E-state index in [1.54, 1.807) is 30.5 Å². The van der Waals surface area contributed by atoms with Gasteiger partial charge in [0.25, 0.3) is 0 Å². The zero-order valence-electron chi connectivity index (χ0n) is 19.2. The minimum atomic E-state index is -1.66. The van der Waals surface area contributed by atoms with Gasteiger partial charge in [0.2, 0.25) is 17.7 Å². The van der Waals surface area contributed by atoms with Crippen LogP contribution in [0.1, 0.15) is 25.3 Å². The van der Waals surface area contributed by atoms with Crippen LogP contribution in [-0.2, 0) is 35.2 Å². The Bertz CT molecular complexity index is 1160. The number of benzene rings is 1. The van der Waals surface area contributed by atoms with Gasteiger partial charge in [0.15, 0.2) is 0 Å². The molecule has 2 rings (SSSR count). The lowest BCUT2D eigenvalue weighted by atomic mass is 10.0. The smallest absolute Gasteiger partial charge is 0.326 e. The Morgan fingerprint density at radius 2 is 1.47 bits per heavy atom. The molecule has 36 heavy (non-hydrogen) atoms. The summed E-state index contributed by atoms with van der Waals surface area (Å²) < 4.78 is 0. The molecule has 0 fully saturated rings. The number of aromatic amines is 1. The largest absolute Gasteiger partial charge is 0.481 e. The summed E-state index contributed by atoms with van der Waals surface area (Å²) in [6, 6.07) is 1.29. The van der Waals surface area contributed by atoms with E-state index in [-0.39, 0.29) is 6.42 Å². The van der Waals surface area contributed by atoms with E-state index in [9.17, 15) is 33.9 Å². The van der Waals surface area contributed by atoms with E-state index >= 15 is 0 Å². The van der Waals surface area contributed by atoms with E-state index in [1.807, 2.05) is 0 Å². The van der Waals surface area contributed by atoms with Crippen molar-refractivity contribution in [1.29, 1.82) is 0 Å². The molecule has 0 saturated heterocycles. The molecule has 0 aliphatic heterocycles. The second-order valence-electron chi connectivity index (χ2n) is 8.06. The molecular formula is C22H27N5O9. The van der Waals surface area contributed by atoms with Crippen molar-refractivity contribution in [2.45, 2.75) is 50.4 Å². The van der Waals surface area contributed by atoms with E-state index in [0.29, 0.717) is 5.56 Å². The zero-order chi connectivity index (χ0) is 27.0. The molecule has 0 spiro atoms. The number of amides is 3. The van der Waals surface area contributed by atoms with E-state index in [2.05, 4.69) is 20.9 Å². The first-order chi connectivity index (χ1) is 16.9. The number of nitrogens with two attached hydrogens (primary N) is 1. The van der Waals surface area contributed by atoms with Crippen LogP contribution in [0, 0.1) is 0 Å². The molecule has 3 amide bonds. The quantitative estimate of drug-likeness (QED) is 0.157. The van der Waals surface area contributed by atoms with Crippen LogP contribution in [0.3, 0.4) is 0 Å². The van der Waals surface area contributed by atoms with Gasteiger partial charge in [-0.25, -0.2) is 4.79 Å². The third kappa shape index (κ3) is 7.80. The van der Waals surface area contributed by atoms with Crippen LogP contribution in [-0.4, -0.2) is 80.1 Å². The molecule has 2 aromatic rings. The van der Waals surface area contributed by atoms with Crippen molar-refractivity contribution in [3.63, 3.8) is 0 Å². The maximum atomic E-state index is 12.8. The number of aliphatic carboxylic acids is 3. The summed E-state index contributed by atoms with van der Waals surface area (Å²) in [6.07, 6.45) is -0.0666. The molecule has 4 atom stereocenters. The number of carboxylic acids is 3. The highest BCUT2D eigenvalue weighted by molar-refractivity contribution is 5.96. The van der Waals surface area contributed by atoms with Crippen LogP contribution in [0.5, 0.6) is 0 Å². The Labute approximate surface area is 204 Å². The molecule has 1 aromatic carbocycles. The van der Waals surface area contributed by atoms with Gasteiger partial charge in [0, 0.05) is 23.5 Å². The number of hydrogen-bond donors (Lipinski definition) is 8. The van der Waals surface area contributed by atoms with Crippen LogP contribution < -0.4 is 21.7 Å². The monoisotopic (exact) mass is 505 g/mol. The Kier molecular flexibility index (Phi) is 9.50. The standard InChI is InChI=1S/C22H27N5O9/c1-10(25-20(33)13(23)7-17(28)29)19(32)26-15(8-18(30)31)21(34)27-16(22(35)36)6-11-9-24-14-5-3-2-4-12(11)14/h2-5,9-10,13,15-16,24H,6-8,23H2,1H3,(H,25,33)(H,26,32)(H,27,34)(H,28,29)(H,30,31)(H,35,36). The van der Waals surface area contributed by atoms with E-state index in [4.69, 9.17) is 15.9 Å². The van der Waals surface area contributed by atoms with Gasteiger partial charge in [-0.2, -0.15) is 0 Å². The van der Waals surface area contributed by atoms with Crippen LogP contribution in [0.25, 0.3) is 10.9 Å². The zero-order valence-corrected chi connectivity index (χ0v) is 19.2. The third-order valence-corrected chi connectivity index (χ3v) is 5.21. The van der Waals surface area contributed by atoms with Crippen molar-refractivity contribution >= 4 is 46.5 Å². The molecule has 4 unspecified atom stereocenters. The highest BCUT2D eigenvalue weighted by Gasteiger charge is 2.31. The summed E-state index contributed by atoms with van der Waals surface area (Å²) in [5, 5.41) is 34.8. The van der Waals surface area contributed by atoms with Crippen LogP contribution in [0.2, 0.25) is 0 Å². The fraction of sp³-hybridized carbons (Fsp3) is 0.364. The van der Waals surface area contributed by atoms with Crippen molar-refractivity contribution < 1.29 is 44.1 Å². The number of fused-ring (bicyclic) bond motifs is 1. The van der Waals surface area contributed by atoms with Gasteiger partial charge in [-0.05, 0) is 18.6 Å². The van der Waals surface area contributed by atoms with Crippen molar-refractivity contribution in [2.24, 2.45) is 5.73 Å². The van der Waals surface area contributed by atoms with E-state index in [0.717, 1.165) is 10.9 Å². The first kappa shape index (κ1) is 27.8. The van der Waals surface area contributed by atoms with Gasteiger partial charge in [0.1, 0.15) is 18.1 Å². The SMILES string of the molecule is CC(NC(=O)C(N)CC(=O)O)C(=O)NC(CC(=O)O)C(=O)NC(Cc1c[nH]c2ccccc12)C(=O)O. The van der Waals surface area contributed by atoms with Crippen LogP contribution >= 0.6 is 0 Å². The number of para-hydroxylation sites is 1.